The number of carbonyl (C=O) groups is 1. The van der Waals surface area contributed by atoms with Gasteiger partial charge in [-0.25, -0.2) is 4.98 Å². The molecule has 1 amide bonds. The number of fused-ring (bicyclic) bond motifs is 1. The fraction of sp³-hybridized carbons (Fsp3) is 0.182. The van der Waals surface area contributed by atoms with Gasteiger partial charge in [0.2, 0.25) is 0 Å². The minimum atomic E-state index is -0.105. The number of aromatic nitrogens is 2. The highest BCUT2D eigenvalue weighted by atomic mass is 32.1. The zero-order chi connectivity index (χ0) is 19.7. The van der Waals surface area contributed by atoms with Crippen molar-refractivity contribution < 1.29 is 9.53 Å². The quantitative estimate of drug-likeness (QED) is 0.539. The Morgan fingerprint density at radius 1 is 1.18 bits per heavy atom. The lowest BCUT2D eigenvalue weighted by atomic mass is 10.1. The van der Waals surface area contributed by atoms with Gasteiger partial charge in [-0.15, -0.1) is 11.3 Å². The monoisotopic (exact) mass is 391 g/mol. The minimum Gasteiger partial charge on any atom is -0.497 e. The van der Waals surface area contributed by atoms with Crippen molar-refractivity contribution in [3.63, 3.8) is 0 Å². The number of carbonyl (C=O) groups excluding carboxylic acids is 1. The highest BCUT2D eigenvalue weighted by molar-refractivity contribution is 7.21. The highest BCUT2D eigenvalue weighted by Crippen LogP contribution is 2.35. The van der Waals surface area contributed by atoms with Gasteiger partial charge in [0.05, 0.1) is 12.8 Å². The van der Waals surface area contributed by atoms with E-state index >= 15 is 0 Å². The van der Waals surface area contributed by atoms with Gasteiger partial charge >= 0.3 is 0 Å². The lowest BCUT2D eigenvalue weighted by Gasteiger charge is -2.09. The number of hydrogen-bond acceptors (Lipinski definition) is 4. The second kappa shape index (κ2) is 7.48. The number of nitrogens with zero attached hydrogens (tertiary/aromatic N) is 2. The first-order valence-corrected chi connectivity index (χ1v) is 9.83. The maximum absolute atomic E-state index is 13.1. The first-order valence-electron chi connectivity index (χ1n) is 9.02. The molecule has 5 nitrogen and oxygen atoms in total. The van der Waals surface area contributed by atoms with Crippen LogP contribution in [-0.4, -0.2) is 22.6 Å². The fourth-order valence-electron chi connectivity index (χ4n) is 3.35. The topological polar surface area (TPSA) is 56.1 Å². The number of amides is 1. The van der Waals surface area contributed by atoms with E-state index in [0.717, 1.165) is 38.5 Å². The summed E-state index contributed by atoms with van der Waals surface area (Å²) < 4.78 is 7.25. The summed E-state index contributed by atoms with van der Waals surface area (Å²) in [5.41, 5.74) is 3.95. The van der Waals surface area contributed by atoms with Crippen LogP contribution in [0.4, 0.5) is 0 Å². The number of nitrogens with one attached hydrogen (secondary N) is 1. The van der Waals surface area contributed by atoms with E-state index in [1.165, 1.54) is 11.3 Å². The van der Waals surface area contributed by atoms with E-state index in [1.807, 2.05) is 60.3 Å². The summed E-state index contributed by atoms with van der Waals surface area (Å²) in [7, 11) is 1.63. The first-order chi connectivity index (χ1) is 13.6. The Morgan fingerprint density at radius 3 is 2.71 bits per heavy atom. The Hall–Kier alpha value is -3.12. The van der Waals surface area contributed by atoms with Gasteiger partial charge < -0.3 is 14.6 Å². The maximum atomic E-state index is 13.1. The third kappa shape index (κ3) is 3.39. The van der Waals surface area contributed by atoms with Crippen molar-refractivity contribution in [3.8, 4) is 11.4 Å². The van der Waals surface area contributed by atoms with Crippen LogP contribution in [0.2, 0.25) is 0 Å². The van der Waals surface area contributed by atoms with Gasteiger partial charge in [0.15, 0.2) is 0 Å². The van der Waals surface area contributed by atoms with Crippen LogP contribution < -0.4 is 10.1 Å². The normalized spacial score (nSPS) is 11.0. The zero-order valence-corrected chi connectivity index (χ0v) is 16.8. The van der Waals surface area contributed by atoms with Gasteiger partial charge in [-0.1, -0.05) is 12.1 Å². The predicted octanol–water partition coefficient (Wildman–Crippen LogP) is 4.64. The second-order valence-corrected chi connectivity index (χ2v) is 7.66. The van der Waals surface area contributed by atoms with Crippen LogP contribution in [0.25, 0.3) is 15.9 Å². The zero-order valence-electron chi connectivity index (χ0n) is 16.0. The van der Waals surface area contributed by atoms with Crippen LogP contribution in [0.5, 0.6) is 5.75 Å². The van der Waals surface area contributed by atoms with Crippen molar-refractivity contribution in [3.05, 3.63) is 76.6 Å². The average Bonchev–Trinajstić information content (AvgIpc) is 3.33. The third-order valence-corrected chi connectivity index (χ3v) is 5.69. The van der Waals surface area contributed by atoms with Crippen molar-refractivity contribution in [2.24, 2.45) is 0 Å². The molecule has 0 fully saturated rings. The Labute approximate surface area is 167 Å². The van der Waals surface area contributed by atoms with Crippen molar-refractivity contribution in [2.45, 2.75) is 20.4 Å². The Balaban J connectivity index is 1.72. The average molecular weight is 391 g/mol. The molecule has 4 aromatic rings. The summed E-state index contributed by atoms with van der Waals surface area (Å²) in [6.07, 6.45) is 3.92. The van der Waals surface area contributed by atoms with Crippen molar-refractivity contribution in [1.82, 2.24) is 14.9 Å². The summed E-state index contributed by atoms with van der Waals surface area (Å²) in [6, 6.07) is 13.7. The summed E-state index contributed by atoms with van der Waals surface area (Å²) in [5, 5.41) is 4.06. The Morgan fingerprint density at radius 2 is 1.96 bits per heavy atom. The second-order valence-electron chi connectivity index (χ2n) is 6.66. The number of pyridine rings is 1. The smallest absolute Gasteiger partial charge is 0.263 e. The van der Waals surface area contributed by atoms with Gasteiger partial charge in [0, 0.05) is 30.0 Å². The number of benzene rings is 1. The third-order valence-electron chi connectivity index (χ3n) is 4.62. The molecule has 28 heavy (non-hydrogen) atoms. The molecule has 0 aliphatic rings. The Kier molecular flexibility index (Phi) is 4.88. The molecule has 0 bridgehead atoms. The van der Waals surface area contributed by atoms with Crippen molar-refractivity contribution >= 4 is 27.5 Å². The molecule has 142 valence electrons. The molecule has 3 heterocycles. The highest BCUT2D eigenvalue weighted by Gasteiger charge is 2.22. The van der Waals surface area contributed by atoms with Crippen LogP contribution in [0.1, 0.15) is 26.5 Å². The molecular formula is C22H21N3O2S. The number of rotatable bonds is 5. The van der Waals surface area contributed by atoms with Gasteiger partial charge in [-0.05, 0) is 55.3 Å². The molecule has 0 aliphatic carbocycles. The molecule has 4 rings (SSSR count). The summed E-state index contributed by atoms with van der Waals surface area (Å²) in [6.45, 7) is 4.47. The molecule has 1 aromatic carbocycles. The summed E-state index contributed by atoms with van der Waals surface area (Å²) >= 11 is 1.43. The summed E-state index contributed by atoms with van der Waals surface area (Å²) in [4.78, 5) is 19.3. The molecule has 0 saturated carbocycles. The molecule has 0 spiro atoms. The summed E-state index contributed by atoms with van der Waals surface area (Å²) in [5.74, 6) is 0.670. The molecule has 3 aromatic heterocycles. The first kappa shape index (κ1) is 18.3. The number of hydrogen-bond donors (Lipinski definition) is 1. The van der Waals surface area contributed by atoms with Gasteiger partial charge in [-0.2, -0.15) is 0 Å². The van der Waals surface area contributed by atoms with E-state index in [2.05, 4.69) is 23.3 Å². The molecule has 0 aliphatic heterocycles. The van der Waals surface area contributed by atoms with E-state index in [0.29, 0.717) is 11.4 Å². The van der Waals surface area contributed by atoms with Gasteiger partial charge in [-0.3, -0.25) is 4.79 Å². The number of aryl methyl sites for hydroxylation is 2. The number of methoxy groups -OCH3 is 1. The molecule has 6 heteroatoms. The lowest BCUT2D eigenvalue weighted by molar-refractivity contribution is 0.0955. The predicted molar refractivity (Wildman–Crippen MR) is 113 cm³/mol. The van der Waals surface area contributed by atoms with Crippen LogP contribution in [0, 0.1) is 13.8 Å². The van der Waals surface area contributed by atoms with Crippen LogP contribution in [-0.2, 0) is 6.54 Å². The number of thiophene rings is 1. The maximum Gasteiger partial charge on any atom is 0.263 e. The van der Waals surface area contributed by atoms with E-state index in [4.69, 9.17) is 4.74 Å². The van der Waals surface area contributed by atoms with Crippen LogP contribution in [0.15, 0.2) is 54.9 Å². The van der Waals surface area contributed by atoms with Crippen LogP contribution in [0.3, 0.4) is 0 Å². The molecule has 0 radical (unpaired) electrons. The largest absolute Gasteiger partial charge is 0.497 e. The van der Waals surface area contributed by atoms with Crippen LogP contribution >= 0.6 is 11.3 Å². The lowest BCUT2D eigenvalue weighted by Crippen LogP contribution is -2.23. The van der Waals surface area contributed by atoms with E-state index in [9.17, 15) is 4.79 Å². The molecule has 0 saturated heterocycles. The van der Waals surface area contributed by atoms with E-state index < -0.39 is 0 Å². The van der Waals surface area contributed by atoms with Gasteiger partial charge in [0.1, 0.15) is 15.5 Å². The number of ether oxygens (including phenoxy) is 1. The minimum absolute atomic E-state index is 0.105. The van der Waals surface area contributed by atoms with Crippen molar-refractivity contribution in [2.75, 3.05) is 7.11 Å². The molecule has 0 atom stereocenters. The molecule has 1 N–H and O–H groups in total. The molecule has 0 unspecified atom stereocenters. The Bertz CT molecular complexity index is 1150. The van der Waals surface area contributed by atoms with Gasteiger partial charge in [0.25, 0.3) is 5.91 Å². The standard InChI is InChI=1S/C22H21N3O2S/c1-14-11-15(2)24-22-18(14)19(25-9-4-5-10-25)20(28-22)21(26)23-13-16-7-6-8-17(12-16)27-3/h4-12H,13H2,1-3H3,(H,23,26). The molecular weight excluding hydrogens is 370 g/mol. The van der Waals surface area contributed by atoms with Crippen molar-refractivity contribution in [1.29, 1.82) is 0 Å². The SMILES string of the molecule is COc1cccc(CNC(=O)c2sc3nc(C)cc(C)c3c2-n2cccc2)c1. The van der Waals surface area contributed by atoms with E-state index in [-0.39, 0.29) is 5.91 Å². The van der Waals surface area contributed by atoms with E-state index in [1.54, 1.807) is 7.11 Å². The fourth-order valence-corrected chi connectivity index (χ4v) is 4.56.